The van der Waals surface area contributed by atoms with Crippen LogP contribution in [0.2, 0.25) is 0 Å². The number of methoxy groups -OCH3 is 1. The number of ether oxygens (including phenoxy) is 3. The summed E-state index contributed by atoms with van der Waals surface area (Å²) in [6.45, 7) is 8.32. The number of allylic oxidation sites excluding steroid dienone is 3. The molecule has 0 radical (unpaired) electrons. The van der Waals surface area contributed by atoms with Crippen molar-refractivity contribution >= 4 is 5.78 Å². The fourth-order valence-electron chi connectivity index (χ4n) is 7.78. The molecule has 0 N–H and O–H groups in total. The molecule has 0 amide bonds. The van der Waals surface area contributed by atoms with Gasteiger partial charge in [-0.15, -0.1) is 0 Å². The molecule has 5 aliphatic rings. The van der Waals surface area contributed by atoms with E-state index in [2.05, 4.69) is 25.6 Å². The summed E-state index contributed by atoms with van der Waals surface area (Å²) < 4.78 is 18.9. The van der Waals surface area contributed by atoms with Gasteiger partial charge in [0.1, 0.15) is 11.9 Å². The first-order valence-corrected chi connectivity index (χ1v) is 12.5. The van der Waals surface area contributed by atoms with Crippen LogP contribution in [0.4, 0.5) is 0 Å². The van der Waals surface area contributed by atoms with E-state index in [9.17, 15) is 4.79 Å². The van der Waals surface area contributed by atoms with Gasteiger partial charge in [-0.05, 0) is 96.4 Å². The quantitative estimate of drug-likeness (QED) is 0.531. The zero-order chi connectivity index (χ0) is 22.8. The minimum absolute atomic E-state index is 0.0933. The van der Waals surface area contributed by atoms with Gasteiger partial charge < -0.3 is 14.2 Å². The molecule has 3 fully saturated rings. The fraction of sp³-hybridized carbons (Fsp3) is 0.552. The second-order valence-corrected chi connectivity index (χ2v) is 10.8. The molecule has 1 aromatic carbocycles. The van der Waals surface area contributed by atoms with Crippen LogP contribution in [0.5, 0.6) is 5.75 Å². The van der Waals surface area contributed by atoms with E-state index in [4.69, 9.17) is 14.2 Å². The Bertz CT molecular complexity index is 1060. The summed E-state index contributed by atoms with van der Waals surface area (Å²) in [6, 6.07) is 8.34. The fourth-order valence-corrected chi connectivity index (χ4v) is 7.78. The monoisotopic (exact) mass is 446 g/mol. The number of carbonyl (C=O) groups excluding carboxylic acids is 1. The molecule has 2 heterocycles. The molecular formula is C29H34O4. The molecule has 4 nitrogen and oxygen atoms in total. The highest BCUT2D eigenvalue weighted by molar-refractivity contribution is 5.93. The van der Waals surface area contributed by atoms with Crippen LogP contribution in [0.25, 0.3) is 0 Å². The van der Waals surface area contributed by atoms with Gasteiger partial charge in [-0.25, -0.2) is 0 Å². The number of benzene rings is 1. The summed E-state index contributed by atoms with van der Waals surface area (Å²) in [5.41, 5.74) is 6.14. The van der Waals surface area contributed by atoms with Crippen molar-refractivity contribution in [1.29, 1.82) is 0 Å². The predicted molar refractivity (Wildman–Crippen MR) is 127 cm³/mol. The molecule has 1 aromatic rings. The highest BCUT2D eigenvalue weighted by Crippen LogP contribution is 2.65. The van der Waals surface area contributed by atoms with Gasteiger partial charge in [0.2, 0.25) is 0 Å². The molecular weight excluding hydrogens is 412 g/mol. The lowest BCUT2D eigenvalue weighted by Gasteiger charge is -2.45. The summed E-state index contributed by atoms with van der Waals surface area (Å²) in [5, 5.41) is 0. The molecule has 0 bridgehead atoms. The highest BCUT2D eigenvalue weighted by Gasteiger charge is 2.64. The van der Waals surface area contributed by atoms with E-state index in [1.54, 1.807) is 7.11 Å². The average molecular weight is 447 g/mol. The molecule has 0 aromatic heterocycles. The third-order valence-corrected chi connectivity index (χ3v) is 9.43. The van der Waals surface area contributed by atoms with Crippen LogP contribution in [-0.2, 0) is 14.3 Å². The molecule has 2 saturated heterocycles. The predicted octanol–water partition coefficient (Wildman–Crippen LogP) is 5.89. The molecule has 2 aliphatic heterocycles. The average Bonchev–Trinajstić information content (AvgIpc) is 3.30. The van der Waals surface area contributed by atoms with Gasteiger partial charge in [0.25, 0.3) is 0 Å². The number of ketones is 1. The summed E-state index contributed by atoms with van der Waals surface area (Å²) in [6.07, 6.45) is 8.48. The molecule has 2 unspecified atom stereocenters. The van der Waals surface area contributed by atoms with Gasteiger partial charge in [-0.3, -0.25) is 4.79 Å². The Morgan fingerprint density at radius 3 is 2.64 bits per heavy atom. The lowest BCUT2D eigenvalue weighted by Crippen LogP contribution is -2.49. The Balaban J connectivity index is 1.51. The van der Waals surface area contributed by atoms with E-state index < -0.39 is 0 Å². The first-order chi connectivity index (χ1) is 16.0. The minimum Gasteiger partial charge on any atom is -0.497 e. The summed E-state index contributed by atoms with van der Waals surface area (Å²) in [5.74, 6) is 2.06. The van der Waals surface area contributed by atoms with Gasteiger partial charge in [-0.2, -0.15) is 0 Å². The van der Waals surface area contributed by atoms with Crippen LogP contribution < -0.4 is 4.74 Å². The first-order valence-electron chi connectivity index (χ1n) is 12.5. The Labute approximate surface area is 196 Å². The van der Waals surface area contributed by atoms with E-state index in [0.717, 1.165) is 50.9 Å². The van der Waals surface area contributed by atoms with Crippen molar-refractivity contribution in [2.45, 2.75) is 63.6 Å². The van der Waals surface area contributed by atoms with Gasteiger partial charge in [0.15, 0.2) is 5.78 Å². The van der Waals surface area contributed by atoms with Crippen LogP contribution in [0.15, 0.2) is 59.2 Å². The lowest BCUT2D eigenvalue weighted by molar-refractivity contribution is -0.114. The van der Waals surface area contributed by atoms with E-state index in [0.29, 0.717) is 24.9 Å². The molecule has 5 atom stereocenters. The third kappa shape index (κ3) is 2.99. The van der Waals surface area contributed by atoms with Crippen molar-refractivity contribution in [3.05, 3.63) is 64.8 Å². The summed E-state index contributed by atoms with van der Waals surface area (Å²) in [4.78, 5) is 12.2. The van der Waals surface area contributed by atoms with Crippen LogP contribution in [-0.4, -0.2) is 31.7 Å². The Hall–Kier alpha value is -2.17. The van der Waals surface area contributed by atoms with Gasteiger partial charge >= 0.3 is 0 Å². The highest BCUT2D eigenvalue weighted by atomic mass is 16.5. The second-order valence-electron chi connectivity index (χ2n) is 10.8. The maximum atomic E-state index is 12.2. The maximum Gasteiger partial charge on any atom is 0.156 e. The van der Waals surface area contributed by atoms with E-state index in [1.165, 1.54) is 27.9 Å². The molecule has 6 rings (SSSR count). The van der Waals surface area contributed by atoms with Crippen molar-refractivity contribution in [1.82, 2.24) is 0 Å². The molecule has 3 aliphatic carbocycles. The zero-order valence-electron chi connectivity index (χ0n) is 19.8. The summed E-state index contributed by atoms with van der Waals surface area (Å²) in [7, 11) is 1.70. The first kappa shape index (κ1) is 21.4. The topological polar surface area (TPSA) is 44.8 Å². The van der Waals surface area contributed by atoms with Crippen molar-refractivity contribution in [2.24, 2.45) is 17.3 Å². The normalized spacial score (nSPS) is 38.0. The Morgan fingerprint density at radius 2 is 1.91 bits per heavy atom. The van der Waals surface area contributed by atoms with E-state index in [1.807, 2.05) is 18.2 Å². The Morgan fingerprint density at radius 1 is 1.09 bits per heavy atom. The Kier molecular flexibility index (Phi) is 4.97. The van der Waals surface area contributed by atoms with Crippen molar-refractivity contribution < 1.29 is 19.0 Å². The molecule has 1 saturated carbocycles. The number of hydrogen-bond donors (Lipinski definition) is 0. The van der Waals surface area contributed by atoms with Crippen molar-refractivity contribution in [2.75, 3.05) is 20.3 Å². The second kappa shape index (κ2) is 7.68. The number of rotatable bonds is 2. The van der Waals surface area contributed by atoms with Gasteiger partial charge in [-0.1, -0.05) is 25.6 Å². The smallest absolute Gasteiger partial charge is 0.156 e. The minimum atomic E-state index is -0.263. The van der Waals surface area contributed by atoms with E-state index in [-0.39, 0.29) is 22.9 Å². The third-order valence-electron chi connectivity index (χ3n) is 9.43. The van der Waals surface area contributed by atoms with Crippen LogP contribution in [0.3, 0.4) is 0 Å². The van der Waals surface area contributed by atoms with Crippen molar-refractivity contribution in [3.8, 4) is 5.75 Å². The largest absolute Gasteiger partial charge is 0.497 e. The molecule has 4 heteroatoms. The molecule has 33 heavy (non-hydrogen) atoms. The lowest BCUT2D eigenvalue weighted by atomic mass is 9.61. The van der Waals surface area contributed by atoms with Crippen molar-refractivity contribution in [3.63, 3.8) is 0 Å². The number of fused-ring (bicyclic) bond motifs is 5. The number of carbonyl (C=O) groups is 1. The standard InChI is InChI=1S/C29H34O4/c1-18-13-15-33-29(18)14-12-25-24-10-6-20-16-21(30)7-11-23(20)26(24)27(32-17-28(25,29)2)19-4-8-22(31-3)9-5-19/h4-5,8-9,16,24-25,27H,1,6-7,10-15,17H2,2-3H3/t24?,25?,27-,28+,29-/m1/s1. The number of hydrogen-bond acceptors (Lipinski definition) is 4. The van der Waals surface area contributed by atoms with Crippen LogP contribution in [0.1, 0.15) is 63.5 Å². The SMILES string of the molecule is C=C1CCO[C@]12CCC1C3CCC4=CC(=O)CCC4=C3[C@@H](c3ccc(OC)cc3)OC[C@@]12C. The van der Waals surface area contributed by atoms with Crippen LogP contribution >= 0.6 is 0 Å². The summed E-state index contributed by atoms with van der Waals surface area (Å²) >= 11 is 0. The van der Waals surface area contributed by atoms with Crippen LogP contribution in [0, 0.1) is 17.3 Å². The molecule has 1 spiro atoms. The maximum absolute atomic E-state index is 12.2. The zero-order valence-corrected chi connectivity index (χ0v) is 19.8. The van der Waals surface area contributed by atoms with Gasteiger partial charge in [0.05, 0.1) is 25.9 Å². The van der Waals surface area contributed by atoms with Gasteiger partial charge in [0, 0.05) is 11.8 Å². The molecule has 174 valence electrons. The van der Waals surface area contributed by atoms with E-state index >= 15 is 0 Å².